The van der Waals surface area contributed by atoms with Crippen LogP contribution in [0.2, 0.25) is 0 Å². The van der Waals surface area contributed by atoms with Crippen LogP contribution < -0.4 is 5.73 Å². The molecular formula is C9H10FNOS. The summed E-state index contributed by atoms with van der Waals surface area (Å²) in [6.07, 6.45) is 0.345. The summed E-state index contributed by atoms with van der Waals surface area (Å²) >= 11 is -0.00169. The minimum absolute atomic E-state index is 0.00169. The van der Waals surface area contributed by atoms with Gasteiger partial charge in [-0.3, -0.25) is 4.79 Å². The fourth-order valence-electron chi connectivity index (χ4n) is 1.00. The van der Waals surface area contributed by atoms with Crippen molar-refractivity contribution in [2.24, 2.45) is 5.73 Å². The van der Waals surface area contributed by atoms with E-state index in [-0.39, 0.29) is 12.1 Å². The molecule has 2 nitrogen and oxygen atoms in total. The molecule has 0 bridgehead atoms. The second-order valence-corrected chi connectivity index (χ2v) is 3.42. The van der Waals surface area contributed by atoms with Crippen LogP contribution in [0.25, 0.3) is 0 Å². The maximum absolute atomic E-state index is 12.2. The number of carbonyl (C=O) groups is 1. The lowest BCUT2D eigenvalue weighted by molar-refractivity contribution is -0.117. The number of benzene rings is 1. The van der Waals surface area contributed by atoms with Crippen LogP contribution in [-0.4, -0.2) is 11.2 Å². The Morgan fingerprint density at radius 1 is 1.46 bits per heavy atom. The number of carbonyl (C=O) groups excluding carboxylic acids is 1. The average molecular weight is 199 g/mol. The summed E-state index contributed by atoms with van der Waals surface area (Å²) in [5, 5.41) is -0.776. The van der Waals surface area contributed by atoms with E-state index in [9.17, 15) is 8.68 Å². The number of nitrogens with two attached hydrogens (primary N) is 1. The van der Waals surface area contributed by atoms with Gasteiger partial charge in [0.2, 0.25) is 5.91 Å². The second-order valence-electron chi connectivity index (χ2n) is 2.67. The predicted molar refractivity (Wildman–Crippen MR) is 51.8 cm³/mol. The summed E-state index contributed by atoms with van der Waals surface area (Å²) in [7, 11) is 0. The van der Waals surface area contributed by atoms with Crippen molar-refractivity contribution in [3.63, 3.8) is 0 Å². The number of primary amides is 1. The van der Waals surface area contributed by atoms with E-state index in [1.165, 1.54) is 0 Å². The molecule has 1 aromatic carbocycles. The van der Waals surface area contributed by atoms with Gasteiger partial charge >= 0.3 is 0 Å². The van der Waals surface area contributed by atoms with E-state index in [1.807, 2.05) is 30.3 Å². The highest BCUT2D eigenvalue weighted by Crippen LogP contribution is 2.16. The highest BCUT2D eigenvalue weighted by atomic mass is 32.2. The molecule has 0 aliphatic heterocycles. The fourth-order valence-corrected chi connectivity index (χ4v) is 1.35. The smallest absolute Gasteiger partial charge is 0.233 e. The third kappa shape index (κ3) is 3.06. The zero-order valence-corrected chi connectivity index (χ0v) is 7.76. The standard InChI is InChI=1S/C9H10FNOS/c10-13-8(9(11)12)6-7-4-2-1-3-5-7/h1-5,8H,6H2,(H2,11,12)/t8-/m0/s1. The molecule has 0 aliphatic carbocycles. The van der Waals surface area contributed by atoms with E-state index >= 15 is 0 Å². The van der Waals surface area contributed by atoms with Crippen LogP contribution in [0, 0.1) is 0 Å². The normalized spacial score (nSPS) is 12.4. The third-order valence-electron chi connectivity index (χ3n) is 1.69. The first-order valence-corrected chi connectivity index (χ1v) is 4.62. The molecule has 0 saturated heterocycles. The lowest BCUT2D eigenvalue weighted by atomic mass is 10.1. The van der Waals surface area contributed by atoms with E-state index in [0.29, 0.717) is 6.42 Å². The third-order valence-corrected chi connectivity index (χ3v) is 2.30. The summed E-state index contributed by atoms with van der Waals surface area (Å²) in [5.41, 5.74) is 5.91. The lowest BCUT2D eigenvalue weighted by Crippen LogP contribution is -2.26. The monoisotopic (exact) mass is 199 g/mol. The van der Waals surface area contributed by atoms with Gasteiger partial charge in [0.1, 0.15) is 5.25 Å². The highest BCUT2D eigenvalue weighted by molar-refractivity contribution is 7.95. The molecule has 13 heavy (non-hydrogen) atoms. The molecular weight excluding hydrogens is 189 g/mol. The van der Waals surface area contributed by atoms with Gasteiger partial charge in [-0.05, 0) is 12.0 Å². The average Bonchev–Trinajstić information content (AvgIpc) is 2.15. The van der Waals surface area contributed by atoms with E-state index in [4.69, 9.17) is 5.73 Å². The molecule has 1 amide bonds. The van der Waals surface area contributed by atoms with Gasteiger partial charge in [-0.15, -0.1) is 0 Å². The van der Waals surface area contributed by atoms with Gasteiger partial charge in [0.15, 0.2) is 0 Å². The van der Waals surface area contributed by atoms with Crippen molar-refractivity contribution < 1.29 is 8.68 Å². The molecule has 0 spiro atoms. The van der Waals surface area contributed by atoms with E-state index < -0.39 is 11.2 Å². The number of rotatable bonds is 4. The minimum Gasteiger partial charge on any atom is -0.369 e. The van der Waals surface area contributed by atoms with Crippen molar-refractivity contribution in [2.45, 2.75) is 11.7 Å². The topological polar surface area (TPSA) is 43.1 Å². The SMILES string of the molecule is NC(=O)[C@H](Cc1ccccc1)SF. The maximum atomic E-state index is 12.2. The molecule has 0 aromatic heterocycles. The van der Waals surface area contributed by atoms with Crippen LogP contribution in [0.4, 0.5) is 3.89 Å². The van der Waals surface area contributed by atoms with Gasteiger partial charge in [0, 0.05) is 0 Å². The van der Waals surface area contributed by atoms with Gasteiger partial charge in [0.25, 0.3) is 0 Å². The van der Waals surface area contributed by atoms with E-state index in [0.717, 1.165) is 5.56 Å². The van der Waals surface area contributed by atoms with Crippen LogP contribution in [0.15, 0.2) is 30.3 Å². The first kappa shape index (κ1) is 10.1. The van der Waals surface area contributed by atoms with Gasteiger partial charge in [-0.2, -0.15) is 3.89 Å². The largest absolute Gasteiger partial charge is 0.369 e. The molecule has 0 unspecified atom stereocenters. The van der Waals surface area contributed by atoms with Crippen LogP contribution in [0.5, 0.6) is 0 Å². The van der Waals surface area contributed by atoms with Gasteiger partial charge in [-0.25, -0.2) is 0 Å². The Morgan fingerprint density at radius 3 is 2.54 bits per heavy atom. The molecule has 1 atom stereocenters. The van der Waals surface area contributed by atoms with Crippen molar-refractivity contribution in [3.05, 3.63) is 35.9 Å². The van der Waals surface area contributed by atoms with Crippen molar-refractivity contribution in [2.75, 3.05) is 0 Å². The molecule has 0 heterocycles. The Balaban J connectivity index is 2.62. The van der Waals surface area contributed by atoms with Gasteiger partial charge < -0.3 is 5.73 Å². The number of amides is 1. The van der Waals surface area contributed by atoms with Crippen LogP contribution in [0.1, 0.15) is 5.56 Å². The molecule has 4 heteroatoms. The van der Waals surface area contributed by atoms with Crippen molar-refractivity contribution in [1.82, 2.24) is 0 Å². The van der Waals surface area contributed by atoms with Crippen LogP contribution in [0.3, 0.4) is 0 Å². The molecule has 70 valence electrons. The lowest BCUT2D eigenvalue weighted by Gasteiger charge is -2.06. The summed E-state index contributed by atoms with van der Waals surface area (Å²) in [4.78, 5) is 10.7. The second kappa shape index (κ2) is 4.87. The van der Waals surface area contributed by atoms with Crippen molar-refractivity contribution in [1.29, 1.82) is 0 Å². The van der Waals surface area contributed by atoms with E-state index in [2.05, 4.69) is 0 Å². The molecule has 1 aromatic rings. The van der Waals surface area contributed by atoms with Gasteiger partial charge in [0.05, 0.1) is 12.1 Å². The van der Waals surface area contributed by atoms with Crippen molar-refractivity contribution >= 4 is 18.1 Å². The molecule has 1 rings (SSSR count). The summed E-state index contributed by atoms with van der Waals surface area (Å²) in [6, 6.07) is 9.23. The quantitative estimate of drug-likeness (QED) is 0.802. The Kier molecular flexibility index (Phi) is 3.76. The maximum Gasteiger partial charge on any atom is 0.233 e. The van der Waals surface area contributed by atoms with Crippen molar-refractivity contribution in [3.8, 4) is 0 Å². The summed E-state index contributed by atoms with van der Waals surface area (Å²) in [6.45, 7) is 0. The zero-order valence-electron chi connectivity index (χ0n) is 6.94. The minimum atomic E-state index is -0.776. The fraction of sp³-hybridized carbons (Fsp3) is 0.222. The first-order chi connectivity index (χ1) is 6.24. The molecule has 2 N–H and O–H groups in total. The summed E-state index contributed by atoms with van der Waals surface area (Å²) < 4.78 is 12.2. The summed E-state index contributed by atoms with van der Waals surface area (Å²) in [5.74, 6) is -0.614. The Labute approximate surface area is 80.6 Å². The molecule has 0 fully saturated rings. The zero-order chi connectivity index (χ0) is 9.68. The van der Waals surface area contributed by atoms with Crippen LogP contribution >= 0.6 is 12.1 Å². The molecule has 0 aliphatic rings. The predicted octanol–water partition coefficient (Wildman–Crippen LogP) is 1.70. The number of hydrogen-bond acceptors (Lipinski definition) is 2. The molecule has 0 saturated carbocycles. The Morgan fingerprint density at radius 2 is 2.08 bits per heavy atom. The Bertz CT molecular complexity index is 278. The highest BCUT2D eigenvalue weighted by Gasteiger charge is 2.16. The van der Waals surface area contributed by atoms with Crippen LogP contribution in [-0.2, 0) is 11.2 Å². The number of hydrogen-bond donors (Lipinski definition) is 1. The van der Waals surface area contributed by atoms with E-state index in [1.54, 1.807) is 0 Å². The first-order valence-electron chi connectivity index (χ1n) is 3.84. The van der Waals surface area contributed by atoms with Gasteiger partial charge in [-0.1, -0.05) is 30.3 Å². The number of halogens is 1. The molecule has 0 radical (unpaired) electrons. The Hall–Kier alpha value is -1.03.